The Balaban J connectivity index is 2.39. The van der Waals surface area contributed by atoms with Crippen molar-refractivity contribution in [2.45, 2.75) is 25.3 Å². The summed E-state index contributed by atoms with van der Waals surface area (Å²) >= 11 is 0. The van der Waals surface area contributed by atoms with Crippen LogP contribution >= 0.6 is 0 Å². The molecule has 1 amide bonds. The first-order chi connectivity index (χ1) is 4.16. The third-order valence-corrected chi connectivity index (χ3v) is 1.59. The van der Waals surface area contributed by atoms with Crippen LogP contribution in [-0.2, 0) is 4.79 Å². The van der Waals surface area contributed by atoms with Gasteiger partial charge in [-0.3, -0.25) is 4.79 Å². The van der Waals surface area contributed by atoms with Gasteiger partial charge in [-0.05, 0) is 13.3 Å². The van der Waals surface area contributed by atoms with Gasteiger partial charge in [0.2, 0.25) is 5.91 Å². The van der Waals surface area contributed by atoms with Gasteiger partial charge in [0.15, 0.2) is 0 Å². The lowest BCUT2D eigenvalue weighted by Crippen LogP contribution is -2.58. The van der Waals surface area contributed by atoms with Gasteiger partial charge in [-0.15, -0.1) is 6.58 Å². The molecule has 0 spiro atoms. The minimum atomic E-state index is 0.0266. The van der Waals surface area contributed by atoms with Gasteiger partial charge in [0, 0.05) is 12.0 Å². The Kier molecular flexibility index (Phi) is 1.31. The molecule has 1 unspecified atom stereocenters. The zero-order valence-electron chi connectivity index (χ0n) is 5.61. The first kappa shape index (κ1) is 6.33. The van der Waals surface area contributed by atoms with Crippen molar-refractivity contribution in [1.82, 2.24) is 5.32 Å². The first-order valence-corrected chi connectivity index (χ1v) is 3.08. The van der Waals surface area contributed by atoms with Crippen LogP contribution in [0.1, 0.15) is 19.8 Å². The Bertz CT molecular complexity index is 137. The van der Waals surface area contributed by atoms with Crippen LogP contribution in [0.2, 0.25) is 0 Å². The number of nitrogens with one attached hydrogen (secondary N) is 1. The fraction of sp³-hybridized carbons (Fsp3) is 0.571. The average molecular weight is 125 g/mol. The van der Waals surface area contributed by atoms with Crippen molar-refractivity contribution in [3.8, 4) is 0 Å². The molecule has 0 aromatic rings. The second kappa shape index (κ2) is 1.87. The van der Waals surface area contributed by atoms with E-state index in [9.17, 15) is 4.79 Å². The number of β-lactam (4-membered cyclic amide) rings is 1. The highest BCUT2D eigenvalue weighted by Gasteiger charge is 2.36. The summed E-state index contributed by atoms with van der Waals surface area (Å²) in [6, 6.07) is 0. The molecule has 0 aromatic carbocycles. The lowest BCUT2D eigenvalue weighted by molar-refractivity contribution is -0.131. The van der Waals surface area contributed by atoms with Gasteiger partial charge in [0.05, 0.1) is 0 Å². The van der Waals surface area contributed by atoms with Crippen molar-refractivity contribution < 1.29 is 4.79 Å². The lowest BCUT2D eigenvalue weighted by atomic mass is 9.86. The molecule has 1 atom stereocenters. The maximum Gasteiger partial charge on any atom is 0.222 e. The normalized spacial score (nSPS) is 32.8. The van der Waals surface area contributed by atoms with Gasteiger partial charge < -0.3 is 5.32 Å². The predicted molar refractivity (Wildman–Crippen MR) is 36.0 cm³/mol. The Labute approximate surface area is 54.9 Å². The molecule has 1 aliphatic heterocycles. The molecule has 0 saturated carbocycles. The van der Waals surface area contributed by atoms with Crippen molar-refractivity contribution in [3.05, 3.63) is 12.7 Å². The Hall–Kier alpha value is -0.790. The van der Waals surface area contributed by atoms with Crippen LogP contribution in [0, 0.1) is 0 Å². The molecule has 0 radical (unpaired) electrons. The predicted octanol–water partition coefficient (Wildman–Crippen LogP) is 0.841. The summed E-state index contributed by atoms with van der Waals surface area (Å²) < 4.78 is 0. The molecule has 0 bridgehead atoms. The molecular formula is C7H11NO. The van der Waals surface area contributed by atoms with E-state index in [1.165, 1.54) is 0 Å². The summed E-state index contributed by atoms with van der Waals surface area (Å²) in [6.45, 7) is 5.63. The summed E-state index contributed by atoms with van der Waals surface area (Å²) in [5, 5.41) is 2.81. The van der Waals surface area contributed by atoms with Gasteiger partial charge in [0.1, 0.15) is 0 Å². The third kappa shape index (κ3) is 1.12. The van der Waals surface area contributed by atoms with E-state index >= 15 is 0 Å². The molecule has 1 saturated heterocycles. The van der Waals surface area contributed by atoms with Gasteiger partial charge in [-0.25, -0.2) is 0 Å². The topological polar surface area (TPSA) is 29.1 Å². The monoisotopic (exact) mass is 125 g/mol. The van der Waals surface area contributed by atoms with Gasteiger partial charge in [-0.2, -0.15) is 0 Å². The molecule has 50 valence electrons. The van der Waals surface area contributed by atoms with E-state index in [1.807, 2.05) is 13.0 Å². The van der Waals surface area contributed by atoms with Crippen LogP contribution < -0.4 is 5.32 Å². The largest absolute Gasteiger partial charge is 0.350 e. The quantitative estimate of drug-likeness (QED) is 0.430. The van der Waals surface area contributed by atoms with Crippen molar-refractivity contribution >= 4 is 5.91 Å². The Morgan fingerprint density at radius 2 is 2.56 bits per heavy atom. The summed E-state index contributed by atoms with van der Waals surface area (Å²) in [6.07, 6.45) is 3.36. The number of rotatable bonds is 2. The maximum absolute atomic E-state index is 10.4. The van der Waals surface area contributed by atoms with Gasteiger partial charge >= 0.3 is 0 Å². The third-order valence-electron chi connectivity index (χ3n) is 1.59. The number of amides is 1. The van der Waals surface area contributed by atoms with Crippen LogP contribution in [0.4, 0.5) is 0 Å². The number of hydrogen-bond donors (Lipinski definition) is 1. The van der Waals surface area contributed by atoms with E-state index in [1.54, 1.807) is 0 Å². The summed E-state index contributed by atoms with van der Waals surface area (Å²) in [5.41, 5.74) is 0.0266. The Morgan fingerprint density at radius 3 is 2.89 bits per heavy atom. The standard InChI is InChI=1S/C7H11NO/c1-3-4-7(2)5-6(9)8-7/h3H,1,4-5H2,2H3,(H,8,9). The molecule has 2 nitrogen and oxygen atoms in total. The molecule has 2 heteroatoms. The highest BCUT2D eigenvalue weighted by molar-refractivity contribution is 5.84. The fourth-order valence-corrected chi connectivity index (χ4v) is 1.11. The van der Waals surface area contributed by atoms with Crippen molar-refractivity contribution in [1.29, 1.82) is 0 Å². The maximum atomic E-state index is 10.4. The molecule has 0 aromatic heterocycles. The van der Waals surface area contributed by atoms with Crippen molar-refractivity contribution in [3.63, 3.8) is 0 Å². The number of carbonyl (C=O) groups is 1. The van der Waals surface area contributed by atoms with Gasteiger partial charge in [-0.1, -0.05) is 6.08 Å². The van der Waals surface area contributed by atoms with Crippen LogP contribution in [0.5, 0.6) is 0 Å². The molecule has 0 aliphatic carbocycles. The van der Waals surface area contributed by atoms with Crippen molar-refractivity contribution in [2.24, 2.45) is 0 Å². The minimum absolute atomic E-state index is 0.0266. The van der Waals surface area contributed by atoms with E-state index in [4.69, 9.17) is 0 Å². The number of hydrogen-bond acceptors (Lipinski definition) is 1. The van der Waals surface area contributed by atoms with E-state index < -0.39 is 0 Å². The minimum Gasteiger partial charge on any atom is -0.350 e. The second-order valence-corrected chi connectivity index (χ2v) is 2.78. The van der Waals surface area contributed by atoms with E-state index in [0.29, 0.717) is 6.42 Å². The van der Waals surface area contributed by atoms with E-state index in [-0.39, 0.29) is 11.4 Å². The molecular weight excluding hydrogens is 114 g/mol. The fourth-order valence-electron chi connectivity index (χ4n) is 1.11. The molecule has 9 heavy (non-hydrogen) atoms. The highest BCUT2D eigenvalue weighted by Crippen LogP contribution is 2.22. The second-order valence-electron chi connectivity index (χ2n) is 2.78. The summed E-state index contributed by atoms with van der Waals surface area (Å²) in [4.78, 5) is 10.4. The number of carbonyl (C=O) groups excluding carboxylic acids is 1. The Morgan fingerprint density at radius 1 is 2.00 bits per heavy atom. The first-order valence-electron chi connectivity index (χ1n) is 3.08. The molecule has 1 fully saturated rings. The lowest BCUT2D eigenvalue weighted by Gasteiger charge is -2.38. The highest BCUT2D eigenvalue weighted by atomic mass is 16.2. The average Bonchev–Trinajstić information content (AvgIpc) is 1.62. The zero-order chi connectivity index (χ0) is 6.91. The zero-order valence-corrected chi connectivity index (χ0v) is 5.61. The summed E-state index contributed by atoms with van der Waals surface area (Å²) in [7, 11) is 0. The SMILES string of the molecule is C=CCC1(C)CC(=O)N1. The molecule has 1 aliphatic rings. The van der Waals surface area contributed by atoms with Crippen LogP contribution in [0.3, 0.4) is 0 Å². The van der Waals surface area contributed by atoms with Gasteiger partial charge in [0.25, 0.3) is 0 Å². The molecule has 1 heterocycles. The molecule has 1 N–H and O–H groups in total. The van der Waals surface area contributed by atoms with E-state index in [2.05, 4.69) is 11.9 Å². The summed E-state index contributed by atoms with van der Waals surface area (Å²) in [5.74, 6) is 0.152. The van der Waals surface area contributed by atoms with Crippen LogP contribution in [0.25, 0.3) is 0 Å². The van der Waals surface area contributed by atoms with Crippen LogP contribution in [0.15, 0.2) is 12.7 Å². The van der Waals surface area contributed by atoms with Crippen molar-refractivity contribution in [2.75, 3.05) is 0 Å². The molecule has 1 rings (SSSR count). The smallest absolute Gasteiger partial charge is 0.222 e. The van der Waals surface area contributed by atoms with E-state index in [0.717, 1.165) is 6.42 Å². The van der Waals surface area contributed by atoms with Crippen LogP contribution in [-0.4, -0.2) is 11.4 Å².